The van der Waals surface area contributed by atoms with Crippen molar-refractivity contribution in [2.75, 3.05) is 0 Å². The monoisotopic (exact) mass is 204 g/mol. The number of carbonyl (C=O) groups is 1. The van der Waals surface area contributed by atoms with Gasteiger partial charge in [0.15, 0.2) is 5.78 Å². The SMILES string of the molecule is CC[C@@H](C)CCC(=O)c1ccc(C)cc1. The number of benzene rings is 1. The van der Waals surface area contributed by atoms with E-state index in [1.165, 1.54) is 5.56 Å². The predicted octanol–water partition coefficient (Wildman–Crippen LogP) is 4.00. The Hall–Kier alpha value is -1.11. The molecule has 0 spiro atoms. The Morgan fingerprint density at radius 3 is 2.40 bits per heavy atom. The van der Waals surface area contributed by atoms with Crippen LogP contribution in [0.3, 0.4) is 0 Å². The highest BCUT2D eigenvalue weighted by molar-refractivity contribution is 5.96. The predicted molar refractivity (Wildman–Crippen MR) is 64.2 cm³/mol. The maximum atomic E-state index is 11.8. The van der Waals surface area contributed by atoms with Gasteiger partial charge in [-0.05, 0) is 19.3 Å². The lowest BCUT2D eigenvalue weighted by atomic mass is 9.98. The topological polar surface area (TPSA) is 17.1 Å². The van der Waals surface area contributed by atoms with Crippen LogP contribution < -0.4 is 0 Å². The minimum atomic E-state index is 0.273. The first-order valence-electron chi connectivity index (χ1n) is 5.73. The van der Waals surface area contributed by atoms with E-state index in [9.17, 15) is 4.79 Å². The van der Waals surface area contributed by atoms with Crippen LogP contribution in [0.2, 0.25) is 0 Å². The summed E-state index contributed by atoms with van der Waals surface area (Å²) in [7, 11) is 0. The van der Waals surface area contributed by atoms with Gasteiger partial charge in [0.25, 0.3) is 0 Å². The van der Waals surface area contributed by atoms with Crippen molar-refractivity contribution < 1.29 is 4.79 Å². The summed E-state index contributed by atoms with van der Waals surface area (Å²) in [5.41, 5.74) is 2.05. The van der Waals surface area contributed by atoms with E-state index in [1.54, 1.807) is 0 Å². The third kappa shape index (κ3) is 3.86. The molecule has 0 aliphatic heterocycles. The van der Waals surface area contributed by atoms with Crippen LogP contribution in [0.5, 0.6) is 0 Å². The minimum absolute atomic E-state index is 0.273. The minimum Gasteiger partial charge on any atom is -0.294 e. The fraction of sp³-hybridized carbons (Fsp3) is 0.500. The summed E-state index contributed by atoms with van der Waals surface area (Å²) in [6.45, 7) is 6.40. The van der Waals surface area contributed by atoms with Crippen molar-refractivity contribution in [2.24, 2.45) is 5.92 Å². The summed E-state index contributed by atoms with van der Waals surface area (Å²) in [5.74, 6) is 0.926. The number of rotatable bonds is 5. The lowest BCUT2D eigenvalue weighted by molar-refractivity contribution is 0.0974. The molecule has 1 rings (SSSR count). The summed E-state index contributed by atoms with van der Waals surface area (Å²) < 4.78 is 0. The third-order valence-electron chi connectivity index (χ3n) is 2.93. The molecule has 1 atom stereocenters. The summed E-state index contributed by atoms with van der Waals surface area (Å²) in [4.78, 5) is 11.8. The van der Waals surface area contributed by atoms with Gasteiger partial charge in [0.2, 0.25) is 0 Å². The third-order valence-corrected chi connectivity index (χ3v) is 2.93. The van der Waals surface area contributed by atoms with Gasteiger partial charge in [-0.2, -0.15) is 0 Å². The van der Waals surface area contributed by atoms with Crippen LogP contribution in [0.4, 0.5) is 0 Å². The van der Waals surface area contributed by atoms with Crippen LogP contribution in [-0.4, -0.2) is 5.78 Å². The second-order valence-corrected chi connectivity index (χ2v) is 4.34. The Labute approximate surface area is 92.5 Å². The highest BCUT2D eigenvalue weighted by Crippen LogP contribution is 2.13. The van der Waals surface area contributed by atoms with E-state index in [4.69, 9.17) is 0 Å². The number of carbonyl (C=O) groups excluding carboxylic acids is 1. The molecule has 0 amide bonds. The molecule has 1 aromatic rings. The maximum absolute atomic E-state index is 11.8. The number of Topliss-reactive ketones (excluding diaryl/α,β-unsaturated/α-hetero) is 1. The molecule has 0 N–H and O–H groups in total. The molecule has 0 aliphatic rings. The van der Waals surface area contributed by atoms with Gasteiger partial charge >= 0.3 is 0 Å². The van der Waals surface area contributed by atoms with Gasteiger partial charge in [-0.1, -0.05) is 50.1 Å². The van der Waals surface area contributed by atoms with Gasteiger partial charge in [-0.15, -0.1) is 0 Å². The van der Waals surface area contributed by atoms with Gasteiger partial charge in [-0.25, -0.2) is 0 Å². The van der Waals surface area contributed by atoms with E-state index in [0.29, 0.717) is 12.3 Å². The first kappa shape index (κ1) is 12.0. The molecular formula is C14H20O. The standard InChI is InChI=1S/C14H20O/c1-4-11(2)7-10-14(15)13-8-5-12(3)6-9-13/h5-6,8-9,11H,4,7,10H2,1-3H3/t11-/m1/s1. The molecule has 0 aromatic heterocycles. The molecule has 15 heavy (non-hydrogen) atoms. The number of hydrogen-bond donors (Lipinski definition) is 0. The van der Waals surface area contributed by atoms with Gasteiger partial charge in [0.1, 0.15) is 0 Å². The van der Waals surface area contributed by atoms with Crippen LogP contribution >= 0.6 is 0 Å². The Bertz CT molecular complexity index is 311. The lowest BCUT2D eigenvalue weighted by Crippen LogP contribution is -2.02. The fourth-order valence-corrected chi connectivity index (χ4v) is 1.47. The van der Waals surface area contributed by atoms with Crippen LogP contribution in [0, 0.1) is 12.8 Å². The number of hydrogen-bond acceptors (Lipinski definition) is 1. The Morgan fingerprint density at radius 1 is 1.27 bits per heavy atom. The number of ketones is 1. The quantitative estimate of drug-likeness (QED) is 0.662. The Morgan fingerprint density at radius 2 is 1.87 bits per heavy atom. The van der Waals surface area contributed by atoms with Crippen LogP contribution in [0.1, 0.15) is 49.0 Å². The van der Waals surface area contributed by atoms with Crippen molar-refractivity contribution in [3.8, 4) is 0 Å². The molecule has 0 aliphatic carbocycles. The van der Waals surface area contributed by atoms with E-state index in [2.05, 4.69) is 13.8 Å². The van der Waals surface area contributed by atoms with Crippen LogP contribution in [0.25, 0.3) is 0 Å². The van der Waals surface area contributed by atoms with Crippen molar-refractivity contribution in [3.05, 3.63) is 35.4 Å². The van der Waals surface area contributed by atoms with Crippen molar-refractivity contribution in [1.82, 2.24) is 0 Å². The molecule has 0 radical (unpaired) electrons. The average molecular weight is 204 g/mol. The van der Waals surface area contributed by atoms with Crippen molar-refractivity contribution >= 4 is 5.78 Å². The van der Waals surface area contributed by atoms with E-state index in [-0.39, 0.29) is 5.78 Å². The second kappa shape index (κ2) is 5.69. The van der Waals surface area contributed by atoms with E-state index >= 15 is 0 Å². The Balaban J connectivity index is 2.50. The molecule has 1 heteroatoms. The second-order valence-electron chi connectivity index (χ2n) is 4.34. The zero-order valence-electron chi connectivity index (χ0n) is 9.92. The van der Waals surface area contributed by atoms with E-state index < -0.39 is 0 Å². The van der Waals surface area contributed by atoms with Crippen molar-refractivity contribution in [2.45, 2.75) is 40.0 Å². The zero-order chi connectivity index (χ0) is 11.3. The first-order chi connectivity index (χ1) is 7.13. The van der Waals surface area contributed by atoms with Crippen LogP contribution in [0.15, 0.2) is 24.3 Å². The average Bonchev–Trinajstić information content (AvgIpc) is 2.26. The molecule has 0 saturated heterocycles. The lowest BCUT2D eigenvalue weighted by Gasteiger charge is -2.07. The highest BCUT2D eigenvalue weighted by Gasteiger charge is 2.07. The molecule has 0 saturated carbocycles. The zero-order valence-corrected chi connectivity index (χ0v) is 9.92. The summed E-state index contributed by atoms with van der Waals surface area (Å²) >= 11 is 0. The smallest absolute Gasteiger partial charge is 0.162 e. The first-order valence-corrected chi connectivity index (χ1v) is 5.73. The molecule has 1 aromatic carbocycles. The molecule has 0 fully saturated rings. The van der Waals surface area contributed by atoms with Gasteiger partial charge in [0.05, 0.1) is 0 Å². The Kier molecular flexibility index (Phi) is 4.54. The normalized spacial score (nSPS) is 12.5. The largest absolute Gasteiger partial charge is 0.294 e. The van der Waals surface area contributed by atoms with Crippen LogP contribution in [-0.2, 0) is 0 Å². The number of aryl methyl sites for hydroxylation is 1. The summed E-state index contributed by atoms with van der Waals surface area (Å²) in [6.07, 6.45) is 2.84. The van der Waals surface area contributed by atoms with Gasteiger partial charge in [0, 0.05) is 12.0 Å². The fourth-order valence-electron chi connectivity index (χ4n) is 1.47. The molecule has 0 unspecified atom stereocenters. The summed E-state index contributed by atoms with van der Waals surface area (Å²) in [5, 5.41) is 0. The summed E-state index contributed by atoms with van der Waals surface area (Å²) in [6, 6.07) is 7.84. The van der Waals surface area contributed by atoms with E-state index in [0.717, 1.165) is 18.4 Å². The van der Waals surface area contributed by atoms with E-state index in [1.807, 2.05) is 31.2 Å². The molecule has 0 heterocycles. The van der Waals surface area contributed by atoms with Crippen molar-refractivity contribution in [1.29, 1.82) is 0 Å². The molecular weight excluding hydrogens is 184 g/mol. The molecule has 82 valence electrons. The maximum Gasteiger partial charge on any atom is 0.162 e. The molecule has 0 bridgehead atoms. The van der Waals surface area contributed by atoms with Crippen molar-refractivity contribution in [3.63, 3.8) is 0 Å². The highest BCUT2D eigenvalue weighted by atomic mass is 16.1. The van der Waals surface area contributed by atoms with Gasteiger partial charge in [-0.3, -0.25) is 4.79 Å². The molecule has 1 nitrogen and oxygen atoms in total. The van der Waals surface area contributed by atoms with Gasteiger partial charge < -0.3 is 0 Å².